The molecule has 2 aromatic rings. The van der Waals surface area contributed by atoms with Crippen LogP contribution in [0.2, 0.25) is 0 Å². The number of aromatic nitrogens is 3. The van der Waals surface area contributed by atoms with E-state index in [2.05, 4.69) is 10.1 Å². The van der Waals surface area contributed by atoms with Gasteiger partial charge in [0, 0.05) is 6.07 Å². The Bertz CT molecular complexity index is 465. The van der Waals surface area contributed by atoms with Gasteiger partial charge in [0.25, 0.3) is 5.95 Å². The Morgan fingerprint density at radius 3 is 2.40 bits per heavy atom. The molecule has 0 atom stereocenters. The number of hydrogen-bond donors (Lipinski definition) is 2. The van der Waals surface area contributed by atoms with Crippen LogP contribution in [0.15, 0.2) is 24.5 Å². The van der Waals surface area contributed by atoms with Crippen molar-refractivity contribution >= 4 is 5.95 Å². The summed E-state index contributed by atoms with van der Waals surface area (Å²) in [6.07, 6.45) is 1.22. The number of halogens is 2. The number of rotatable bonds is 2. The molecule has 5 nitrogen and oxygen atoms in total. The normalized spacial score (nSPS) is 10.3. The standard InChI is InChI=1S/C8H6F2N4O/c9-5-1-6(10)3-7(2-5)14-4-11-8(12-14)13-15/h1-4,15H,(H,12,13). The number of hydrogen-bond acceptors (Lipinski definition) is 4. The van der Waals surface area contributed by atoms with Crippen LogP contribution >= 0.6 is 0 Å². The van der Waals surface area contributed by atoms with Crippen LogP contribution in [0.1, 0.15) is 0 Å². The number of anilines is 1. The van der Waals surface area contributed by atoms with Crippen molar-refractivity contribution in [2.24, 2.45) is 0 Å². The average molecular weight is 212 g/mol. The second kappa shape index (κ2) is 3.62. The van der Waals surface area contributed by atoms with Crippen LogP contribution in [0, 0.1) is 11.6 Å². The van der Waals surface area contributed by atoms with Crippen molar-refractivity contribution in [2.45, 2.75) is 0 Å². The van der Waals surface area contributed by atoms with E-state index in [0.717, 1.165) is 22.9 Å². The van der Waals surface area contributed by atoms with Crippen LogP contribution in [-0.4, -0.2) is 20.0 Å². The second-order valence-electron chi connectivity index (χ2n) is 2.75. The Labute approximate surface area is 82.9 Å². The van der Waals surface area contributed by atoms with Crippen molar-refractivity contribution in [1.29, 1.82) is 0 Å². The fraction of sp³-hybridized carbons (Fsp3) is 0. The lowest BCUT2D eigenvalue weighted by atomic mass is 10.3. The van der Waals surface area contributed by atoms with Gasteiger partial charge in [-0.2, -0.15) is 4.98 Å². The van der Waals surface area contributed by atoms with Gasteiger partial charge in [0.2, 0.25) is 0 Å². The summed E-state index contributed by atoms with van der Waals surface area (Å²) in [5.74, 6) is -1.47. The Kier molecular flexibility index (Phi) is 2.30. The highest BCUT2D eigenvalue weighted by Crippen LogP contribution is 2.12. The van der Waals surface area contributed by atoms with Crippen molar-refractivity contribution < 1.29 is 14.0 Å². The zero-order valence-electron chi connectivity index (χ0n) is 7.35. The van der Waals surface area contributed by atoms with E-state index in [-0.39, 0.29) is 11.6 Å². The van der Waals surface area contributed by atoms with Gasteiger partial charge < -0.3 is 0 Å². The van der Waals surface area contributed by atoms with E-state index in [1.165, 1.54) is 6.33 Å². The highest BCUT2D eigenvalue weighted by molar-refractivity contribution is 5.33. The molecule has 78 valence electrons. The molecule has 7 heteroatoms. The highest BCUT2D eigenvalue weighted by Gasteiger charge is 2.05. The van der Waals surface area contributed by atoms with Gasteiger partial charge in [0.15, 0.2) is 0 Å². The maximum Gasteiger partial charge on any atom is 0.266 e. The molecule has 0 aliphatic heterocycles. The molecule has 0 amide bonds. The van der Waals surface area contributed by atoms with Gasteiger partial charge >= 0.3 is 0 Å². The summed E-state index contributed by atoms with van der Waals surface area (Å²) in [5, 5.41) is 12.2. The Morgan fingerprint density at radius 1 is 1.20 bits per heavy atom. The van der Waals surface area contributed by atoms with Crippen molar-refractivity contribution in [1.82, 2.24) is 14.8 Å². The Morgan fingerprint density at radius 2 is 1.87 bits per heavy atom. The smallest absolute Gasteiger partial charge is 0.266 e. The van der Waals surface area contributed by atoms with Crippen molar-refractivity contribution in [2.75, 3.05) is 5.48 Å². The predicted octanol–water partition coefficient (Wildman–Crippen LogP) is 1.35. The van der Waals surface area contributed by atoms with E-state index >= 15 is 0 Å². The van der Waals surface area contributed by atoms with Gasteiger partial charge in [-0.3, -0.25) is 5.21 Å². The van der Waals surface area contributed by atoms with Crippen molar-refractivity contribution in [3.05, 3.63) is 36.2 Å². The summed E-state index contributed by atoms with van der Waals surface area (Å²) in [7, 11) is 0. The third-order valence-corrected chi connectivity index (χ3v) is 1.70. The zero-order valence-corrected chi connectivity index (χ0v) is 7.35. The van der Waals surface area contributed by atoms with E-state index in [1.807, 2.05) is 0 Å². The number of benzene rings is 1. The van der Waals surface area contributed by atoms with Gasteiger partial charge in [-0.15, -0.1) is 5.10 Å². The van der Waals surface area contributed by atoms with E-state index in [4.69, 9.17) is 5.21 Å². The molecule has 1 heterocycles. The molecule has 0 saturated heterocycles. The van der Waals surface area contributed by atoms with Crippen LogP contribution in [0.25, 0.3) is 5.69 Å². The molecule has 1 aromatic carbocycles. The first kappa shape index (κ1) is 9.53. The SMILES string of the molecule is ONc1ncn(-c2cc(F)cc(F)c2)n1. The molecule has 0 aliphatic rings. The average Bonchev–Trinajstić information content (AvgIpc) is 2.64. The quantitative estimate of drug-likeness (QED) is 0.737. The summed E-state index contributed by atoms with van der Waals surface area (Å²) in [6, 6.07) is 2.95. The molecule has 0 aliphatic carbocycles. The van der Waals surface area contributed by atoms with E-state index in [0.29, 0.717) is 0 Å². The molecular formula is C8H6F2N4O. The van der Waals surface area contributed by atoms with E-state index in [9.17, 15) is 8.78 Å². The molecule has 2 N–H and O–H groups in total. The third kappa shape index (κ3) is 1.91. The lowest BCUT2D eigenvalue weighted by molar-refractivity contribution is 0.382. The molecule has 0 spiro atoms. The molecule has 0 fully saturated rings. The molecule has 0 radical (unpaired) electrons. The summed E-state index contributed by atoms with van der Waals surface area (Å²) in [5.41, 5.74) is 1.90. The largest absolute Gasteiger partial charge is 0.288 e. The Hall–Kier alpha value is -2.02. The van der Waals surface area contributed by atoms with Crippen LogP contribution in [0.5, 0.6) is 0 Å². The van der Waals surface area contributed by atoms with Gasteiger partial charge in [-0.1, -0.05) is 0 Å². The maximum absolute atomic E-state index is 12.8. The number of nitrogens with zero attached hydrogens (tertiary/aromatic N) is 3. The zero-order chi connectivity index (χ0) is 10.8. The molecule has 0 unspecified atom stereocenters. The first-order valence-corrected chi connectivity index (χ1v) is 3.97. The lowest BCUT2D eigenvalue weighted by Gasteiger charge is -2.00. The molecule has 0 saturated carbocycles. The summed E-state index contributed by atoms with van der Waals surface area (Å²) in [4.78, 5) is 3.62. The first-order valence-electron chi connectivity index (χ1n) is 3.97. The second-order valence-corrected chi connectivity index (χ2v) is 2.75. The van der Waals surface area contributed by atoms with Gasteiger partial charge in [-0.05, 0) is 12.1 Å². The summed E-state index contributed by atoms with van der Waals surface area (Å²) >= 11 is 0. The summed E-state index contributed by atoms with van der Waals surface area (Å²) in [6.45, 7) is 0. The first-order chi connectivity index (χ1) is 7.19. The van der Waals surface area contributed by atoms with E-state index < -0.39 is 11.6 Å². The van der Waals surface area contributed by atoms with Gasteiger partial charge in [0.05, 0.1) is 5.69 Å². The van der Waals surface area contributed by atoms with Crippen LogP contribution in [0.4, 0.5) is 14.7 Å². The fourth-order valence-electron chi connectivity index (χ4n) is 1.11. The van der Waals surface area contributed by atoms with Gasteiger partial charge in [-0.25, -0.2) is 18.9 Å². The van der Waals surface area contributed by atoms with Crippen molar-refractivity contribution in [3.63, 3.8) is 0 Å². The third-order valence-electron chi connectivity index (χ3n) is 1.70. The minimum atomic E-state index is -0.709. The van der Waals surface area contributed by atoms with E-state index in [1.54, 1.807) is 5.48 Å². The van der Waals surface area contributed by atoms with Crippen molar-refractivity contribution in [3.8, 4) is 5.69 Å². The fourth-order valence-corrected chi connectivity index (χ4v) is 1.11. The topological polar surface area (TPSA) is 63.0 Å². The molecule has 1 aromatic heterocycles. The Balaban J connectivity index is 2.44. The van der Waals surface area contributed by atoms with Crippen LogP contribution in [-0.2, 0) is 0 Å². The predicted molar refractivity (Wildman–Crippen MR) is 46.7 cm³/mol. The molecular weight excluding hydrogens is 206 g/mol. The molecule has 0 bridgehead atoms. The minimum Gasteiger partial charge on any atom is -0.288 e. The number of nitrogens with one attached hydrogen (secondary N) is 1. The summed E-state index contributed by atoms with van der Waals surface area (Å²) < 4.78 is 26.8. The maximum atomic E-state index is 12.8. The minimum absolute atomic E-state index is 0.0559. The van der Waals surface area contributed by atoms with Gasteiger partial charge in [0.1, 0.15) is 18.0 Å². The monoisotopic (exact) mass is 212 g/mol. The lowest BCUT2D eigenvalue weighted by Crippen LogP contribution is -1.98. The molecule has 15 heavy (non-hydrogen) atoms. The van der Waals surface area contributed by atoms with Crippen LogP contribution < -0.4 is 5.48 Å². The highest BCUT2D eigenvalue weighted by atomic mass is 19.1. The van der Waals surface area contributed by atoms with Crippen LogP contribution in [0.3, 0.4) is 0 Å². The molecule has 2 rings (SSSR count).